The summed E-state index contributed by atoms with van der Waals surface area (Å²) in [5.41, 5.74) is 9.08. The molecule has 3 heteroatoms. The fourth-order valence-electron chi connectivity index (χ4n) is 3.74. The predicted octanol–water partition coefficient (Wildman–Crippen LogP) is 2.68. The van der Waals surface area contributed by atoms with E-state index in [1.165, 1.54) is 17.8 Å². The molecule has 0 spiro atoms. The molecule has 1 fully saturated rings. The fourth-order valence-corrected chi connectivity index (χ4v) is 3.74. The van der Waals surface area contributed by atoms with Gasteiger partial charge in [0, 0.05) is 24.7 Å². The number of rotatable bonds is 3. The van der Waals surface area contributed by atoms with Gasteiger partial charge in [0.05, 0.1) is 5.69 Å². The Balaban J connectivity index is 2.13. The lowest BCUT2D eigenvalue weighted by atomic mass is 9.70. The van der Waals surface area contributed by atoms with Crippen molar-refractivity contribution >= 4 is 0 Å². The molecule has 1 aliphatic carbocycles. The minimum absolute atomic E-state index is 0.0319. The Labute approximate surface area is 111 Å². The number of hydrogen-bond acceptors (Lipinski definition) is 2. The molecule has 3 nitrogen and oxygen atoms in total. The van der Waals surface area contributed by atoms with E-state index >= 15 is 0 Å². The predicted molar refractivity (Wildman–Crippen MR) is 75.4 cm³/mol. The van der Waals surface area contributed by atoms with Crippen LogP contribution in [0.25, 0.3) is 0 Å². The van der Waals surface area contributed by atoms with Crippen molar-refractivity contribution < 1.29 is 0 Å². The standard InChI is InChI=1S/C15H27N3/c1-5-13-7-14(18(4)17-13)10-15(16)8-11(2)6-12(3)9-15/h7,11-12H,5-6,8-10,16H2,1-4H3. The number of aryl methyl sites for hydroxylation is 2. The molecule has 2 rings (SSSR count). The average Bonchev–Trinajstić information content (AvgIpc) is 2.56. The van der Waals surface area contributed by atoms with E-state index < -0.39 is 0 Å². The quantitative estimate of drug-likeness (QED) is 0.895. The zero-order valence-electron chi connectivity index (χ0n) is 12.2. The molecular formula is C15H27N3. The lowest BCUT2D eigenvalue weighted by molar-refractivity contribution is 0.180. The molecule has 0 aliphatic heterocycles. The molecule has 2 unspecified atom stereocenters. The van der Waals surface area contributed by atoms with Crippen molar-refractivity contribution in [3.8, 4) is 0 Å². The molecule has 0 radical (unpaired) electrons. The first-order chi connectivity index (χ1) is 8.42. The van der Waals surface area contributed by atoms with Gasteiger partial charge < -0.3 is 5.73 Å². The highest BCUT2D eigenvalue weighted by Gasteiger charge is 2.35. The Morgan fingerprint density at radius 2 is 2.00 bits per heavy atom. The summed E-state index contributed by atoms with van der Waals surface area (Å²) in [5.74, 6) is 1.50. The van der Waals surface area contributed by atoms with Gasteiger partial charge in [-0.05, 0) is 43.6 Å². The maximum absolute atomic E-state index is 6.65. The van der Waals surface area contributed by atoms with Crippen molar-refractivity contribution in [2.45, 2.75) is 58.4 Å². The molecular weight excluding hydrogens is 222 g/mol. The van der Waals surface area contributed by atoms with Crippen LogP contribution in [0.2, 0.25) is 0 Å². The highest BCUT2D eigenvalue weighted by molar-refractivity contribution is 5.14. The van der Waals surface area contributed by atoms with Gasteiger partial charge in [0.25, 0.3) is 0 Å². The van der Waals surface area contributed by atoms with Crippen LogP contribution in [0.1, 0.15) is 51.4 Å². The second kappa shape index (κ2) is 5.04. The minimum Gasteiger partial charge on any atom is -0.325 e. The summed E-state index contributed by atoms with van der Waals surface area (Å²) in [6.07, 6.45) is 5.57. The van der Waals surface area contributed by atoms with E-state index in [0.29, 0.717) is 0 Å². The third kappa shape index (κ3) is 2.94. The van der Waals surface area contributed by atoms with Crippen molar-refractivity contribution in [1.82, 2.24) is 9.78 Å². The van der Waals surface area contributed by atoms with Crippen LogP contribution in [0.5, 0.6) is 0 Å². The minimum atomic E-state index is -0.0319. The number of nitrogens with two attached hydrogens (primary N) is 1. The van der Waals surface area contributed by atoms with Gasteiger partial charge in [-0.25, -0.2) is 0 Å². The summed E-state index contributed by atoms with van der Waals surface area (Å²) >= 11 is 0. The summed E-state index contributed by atoms with van der Waals surface area (Å²) in [4.78, 5) is 0. The summed E-state index contributed by atoms with van der Waals surface area (Å²) in [6, 6.07) is 2.22. The van der Waals surface area contributed by atoms with Gasteiger partial charge in [-0.15, -0.1) is 0 Å². The van der Waals surface area contributed by atoms with Gasteiger partial charge in [0.2, 0.25) is 0 Å². The largest absolute Gasteiger partial charge is 0.325 e. The maximum Gasteiger partial charge on any atom is 0.0624 e. The van der Waals surface area contributed by atoms with E-state index in [2.05, 4.69) is 31.9 Å². The van der Waals surface area contributed by atoms with Crippen LogP contribution < -0.4 is 5.73 Å². The second-order valence-corrected chi connectivity index (χ2v) is 6.50. The van der Waals surface area contributed by atoms with Crippen LogP contribution in [-0.2, 0) is 19.9 Å². The number of hydrogen-bond donors (Lipinski definition) is 1. The van der Waals surface area contributed by atoms with Gasteiger partial charge in [-0.3, -0.25) is 4.68 Å². The second-order valence-electron chi connectivity index (χ2n) is 6.50. The average molecular weight is 249 g/mol. The van der Waals surface area contributed by atoms with Crippen LogP contribution in [0.3, 0.4) is 0 Å². The van der Waals surface area contributed by atoms with E-state index in [9.17, 15) is 0 Å². The zero-order valence-corrected chi connectivity index (χ0v) is 12.2. The Bertz CT molecular complexity index is 398. The van der Waals surface area contributed by atoms with Crippen LogP contribution >= 0.6 is 0 Å². The normalized spacial score (nSPS) is 32.7. The summed E-state index contributed by atoms with van der Waals surface area (Å²) in [5, 5.41) is 4.52. The summed E-state index contributed by atoms with van der Waals surface area (Å²) in [7, 11) is 2.04. The molecule has 0 bridgehead atoms. The van der Waals surface area contributed by atoms with Gasteiger partial charge in [-0.2, -0.15) is 5.10 Å². The molecule has 0 saturated heterocycles. The Kier molecular flexibility index (Phi) is 3.81. The lowest BCUT2D eigenvalue weighted by Gasteiger charge is -2.40. The van der Waals surface area contributed by atoms with Gasteiger partial charge in [0.1, 0.15) is 0 Å². The Hall–Kier alpha value is -0.830. The zero-order chi connectivity index (χ0) is 13.3. The van der Waals surface area contributed by atoms with Crippen molar-refractivity contribution in [2.75, 3.05) is 0 Å². The van der Waals surface area contributed by atoms with E-state index in [4.69, 9.17) is 5.73 Å². The molecule has 102 valence electrons. The lowest BCUT2D eigenvalue weighted by Crippen LogP contribution is -2.48. The first kappa shape index (κ1) is 13.6. The molecule has 1 saturated carbocycles. The SMILES string of the molecule is CCc1cc(CC2(N)CC(C)CC(C)C2)n(C)n1. The fraction of sp³-hybridized carbons (Fsp3) is 0.800. The van der Waals surface area contributed by atoms with Crippen LogP contribution in [0, 0.1) is 11.8 Å². The Morgan fingerprint density at radius 3 is 2.50 bits per heavy atom. The van der Waals surface area contributed by atoms with Gasteiger partial charge in [-0.1, -0.05) is 20.8 Å². The molecule has 2 atom stereocenters. The molecule has 0 amide bonds. The summed E-state index contributed by atoms with van der Waals surface area (Å²) < 4.78 is 2.01. The highest BCUT2D eigenvalue weighted by Crippen LogP contribution is 2.36. The molecule has 2 N–H and O–H groups in total. The third-order valence-electron chi connectivity index (χ3n) is 4.24. The topological polar surface area (TPSA) is 43.8 Å². The van der Waals surface area contributed by atoms with Crippen LogP contribution in [0.15, 0.2) is 6.07 Å². The monoisotopic (exact) mass is 249 g/mol. The van der Waals surface area contributed by atoms with E-state index in [1.807, 2.05) is 11.7 Å². The number of aromatic nitrogens is 2. The van der Waals surface area contributed by atoms with Gasteiger partial charge in [0.15, 0.2) is 0 Å². The first-order valence-electron chi connectivity index (χ1n) is 7.22. The van der Waals surface area contributed by atoms with E-state index in [-0.39, 0.29) is 5.54 Å². The van der Waals surface area contributed by atoms with Crippen molar-refractivity contribution in [1.29, 1.82) is 0 Å². The van der Waals surface area contributed by atoms with E-state index in [0.717, 1.165) is 37.5 Å². The van der Waals surface area contributed by atoms with Crippen molar-refractivity contribution in [2.24, 2.45) is 24.6 Å². The van der Waals surface area contributed by atoms with E-state index in [1.54, 1.807) is 0 Å². The molecule has 1 aromatic heterocycles. The van der Waals surface area contributed by atoms with Crippen molar-refractivity contribution in [3.05, 3.63) is 17.5 Å². The smallest absolute Gasteiger partial charge is 0.0624 e. The third-order valence-corrected chi connectivity index (χ3v) is 4.24. The molecule has 18 heavy (non-hydrogen) atoms. The molecule has 1 heterocycles. The maximum atomic E-state index is 6.65. The highest BCUT2D eigenvalue weighted by atomic mass is 15.3. The molecule has 1 aromatic rings. The Morgan fingerprint density at radius 1 is 1.39 bits per heavy atom. The van der Waals surface area contributed by atoms with Crippen LogP contribution in [-0.4, -0.2) is 15.3 Å². The van der Waals surface area contributed by atoms with Crippen molar-refractivity contribution in [3.63, 3.8) is 0 Å². The molecule has 1 aliphatic rings. The van der Waals surface area contributed by atoms with Crippen LogP contribution in [0.4, 0.5) is 0 Å². The van der Waals surface area contributed by atoms with Gasteiger partial charge >= 0.3 is 0 Å². The number of nitrogens with zero attached hydrogens (tertiary/aromatic N) is 2. The summed E-state index contributed by atoms with van der Waals surface area (Å²) in [6.45, 7) is 6.81. The first-order valence-corrected chi connectivity index (χ1v) is 7.22. The molecule has 0 aromatic carbocycles.